The number of ether oxygens (including phenoxy) is 1. The molecule has 6 nitrogen and oxygen atoms in total. The molecule has 0 aliphatic carbocycles. The topological polar surface area (TPSA) is 70.7 Å². The molecule has 0 aromatic heterocycles. The molecule has 0 spiro atoms. The maximum absolute atomic E-state index is 12.3. The third-order valence-electron chi connectivity index (χ3n) is 4.13. The van der Waals surface area contributed by atoms with E-state index < -0.39 is 5.97 Å². The molecule has 0 atom stereocenters. The van der Waals surface area contributed by atoms with Crippen LogP contribution in [0.25, 0.3) is 0 Å². The van der Waals surface area contributed by atoms with Crippen LogP contribution in [0.1, 0.15) is 37.0 Å². The molecular formula is C18H27N3O3. The molecule has 2 N–H and O–H groups in total. The fourth-order valence-corrected chi connectivity index (χ4v) is 3.00. The lowest BCUT2D eigenvalue weighted by Crippen LogP contribution is -2.46. The summed E-state index contributed by atoms with van der Waals surface area (Å²) in [5.41, 5.74) is 0.860. The quantitative estimate of drug-likeness (QED) is 0.778. The number of piperidine rings is 1. The Balaban J connectivity index is 1.85. The first-order valence-electron chi connectivity index (χ1n) is 8.45. The SMILES string of the molecule is COC(=O)c1ccccc1NC(=O)CN1CCC(NC(C)C)CC1. The number of carbonyl (C=O) groups excluding carboxylic acids is 2. The first-order valence-corrected chi connectivity index (χ1v) is 8.45. The van der Waals surface area contributed by atoms with Crippen LogP contribution in [-0.2, 0) is 9.53 Å². The van der Waals surface area contributed by atoms with Gasteiger partial charge in [-0.05, 0) is 25.0 Å². The van der Waals surface area contributed by atoms with Crippen molar-refractivity contribution in [3.63, 3.8) is 0 Å². The molecule has 1 saturated heterocycles. The maximum Gasteiger partial charge on any atom is 0.339 e. The zero-order chi connectivity index (χ0) is 17.5. The Kier molecular flexibility index (Phi) is 6.75. The highest BCUT2D eigenvalue weighted by molar-refractivity contribution is 6.01. The Morgan fingerprint density at radius 1 is 1.25 bits per heavy atom. The van der Waals surface area contributed by atoms with Crippen LogP contribution >= 0.6 is 0 Å². The van der Waals surface area contributed by atoms with Gasteiger partial charge in [0, 0.05) is 25.2 Å². The number of hydrogen-bond donors (Lipinski definition) is 2. The fraction of sp³-hybridized carbons (Fsp3) is 0.556. The van der Waals surface area contributed by atoms with Gasteiger partial charge in [-0.3, -0.25) is 9.69 Å². The Bertz CT molecular complexity index is 566. The number of rotatable bonds is 6. The highest BCUT2D eigenvalue weighted by atomic mass is 16.5. The van der Waals surface area contributed by atoms with Crippen LogP contribution in [0, 0.1) is 0 Å². The van der Waals surface area contributed by atoms with Gasteiger partial charge in [0.15, 0.2) is 0 Å². The number of hydrogen-bond acceptors (Lipinski definition) is 5. The molecule has 1 heterocycles. The van der Waals surface area contributed by atoms with E-state index >= 15 is 0 Å². The van der Waals surface area contributed by atoms with Crippen LogP contribution in [0.2, 0.25) is 0 Å². The second kappa shape index (κ2) is 8.80. The molecule has 1 fully saturated rings. The summed E-state index contributed by atoms with van der Waals surface area (Å²) in [6.45, 7) is 6.44. The van der Waals surface area contributed by atoms with Gasteiger partial charge in [0.25, 0.3) is 0 Å². The van der Waals surface area contributed by atoms with Crippen LogP contribution in [0.15, 0.2) is 24.3 Å². The van der Waals surface area contributed by atoms with Crippen molar-refractivity contribution >= 4 is 17.6 Å². The van der Waals surface area contributed by atoms with Crippen LogP contribution in [0.5, 0.6) is 0 Å². The summed E-state index contributed by atoms with van der Waals surface area (Å²) in [5, 5.41) is 6.36. The molecule has 1 aromatic rings. The minimum Gasteiger partial charge on any atom is -0.465 e. The van der Waals surface area contributed by atoms with Gasteiger partial charge in [-0.25, -0.2) is 4.79 Å². The summed E-state index contributed by atoms with van der Waals surface area (Å²) in [7, 11) is 1.33. The average molecular weight is 333 g/mol. The smallest absolute Gasteiger partial charge is 0.339 e. The molecule has 6 heteroatoms. The van der Waals surface area contributed by atoms with E-state index in [2.05, 4.69) is 29.4 Å². The number of methoxy groups -OCH3 is 1. The lowest BCUT2D eigenvalue weighted by molar-refractivity contribution is -0.117. The number of likely N-dealkylation sites (tertiary alicyclic amines) is 1. The van der Waals surface area contributed by atoms with Crippen LogP contribution < -0.4 is 10.6 Å². The van der Waals surface area contributed by atoms with Gasteiger partial charge in [0.2, 0.25) is 5.91 Å². The number of nitrogens with zero attached hydrogens (tertiary/aromatic N) is 1. The van der Waals surface area contributed by atoms with E-state index in [9.17, 15) is 9.59 Å². The lowest BCUT2D eigenvalue weighted by Gasteiger charge is -2.33. The second-order valence-electron chi connectivity index (χ2n) is 6.46. The molecule has 1 aliphatic rings. The standard InChI is InChI=1S/C18H27N3O3/c1-13(2)19-14-8-10-21(11-9-14)12-17(22)20-16-7-5-4-6-15(16)18(23)24-3/h4-7,13-14,19H,8-12H2,1-3H3,(H,20,22). The minimum atomic E-state index is -0.452. The van der Waals surface area contributed by atoms with Gasteiger partial charge in [0.1, 0.15) is 0 Å². The van der Waals surface area contributed by atoms with E-state index in [0.29, 0.717) is 29.9 Å². The number of para-hydroxylation sites is 1. The van der Waals surface area contributed by atoms with Crippen molar-refractivity contribution in [1.29, 1.82) is 0 Å². The van der Waals surface area contributed by atoms with Gasteiger partial charge in [-0.1, -0.05) is 26.0 Å². The van der Waals surface area contributed by atoms with E-state index in [-0.39, 0.29) is 5.91 Å². The van der Waals surface area contributed by atoms with Crippen molar-refractivity contribution < 1.29 is 14.3 Å². The second-order valence-corrected chi connectivity index (χ2v) is 6.46. The number of amides is 1. The first kappa shape index (κ1) is 18.4. The van der Waals surface area contributed by atoms with Crippen molar-refractivity contribution in [3.8, 4) is 0 Å². The first-order chi connectivity index (χ1) is 11.5. The Morgan fingerprint density at radius 3 is 2.54 bits per heavy atom. The molecule has 24 heavy (non-hydrogen) atoms. The van der Waals surface area contributed by atoms with E-state index in [0.717, 1.165) is 25.9 Å². The Morgan fingerprint density at radius 2 is 1.92 bits per heavy atom. The molecule has 1 aliphatic heterocycles. The predicted octanol–water partition coefficient (Wildman–Crippen LogP) is 1.87. The fourth-order valence-electron chi connectivity index (χ4n) is 3.00. The van der Waals surface area contributed by atoms with E-state index in [1.54, 1.807) is 24.3 Å². The van der Waals surface area contributed by atoms with E-state index in [1.165, 1.54) is 7.11 Å². The van der Waals surface area contributed by atoms with Crippen molar-refractivity contribution in [2.45, 2.75) is 38.8 Å². The van der Waals surface area contributed by atoms with Crippen molar-refractivity contribution in [3.05, 3.63) is 29.8 Å². The molecule has 0 unspecified atom stereocenters. The van der Waals surface area contributed by atoms with Gasteiger partial charge < -0.3 is 15.4 Å². The van der Waals surface area contributed by atoms with Crippen molar-refractivity contribution in [2.75, 3.05) is 32.1 Å². The largest absolute Gasteiger partial charge is 0.465 e. The van der Waals surface area contributed by atoms with Crippen molar-refractivity contribution in [2.24, 2.45) is 0 Å². The number of carbonyl (C=O) groups is 2. The number of benzene rings is 1. The molecule has 132 valence electrons. The third-order valence-corrected chi connectivity index (χ3v) is 4.13. The number of nitrogens with one attached hydrogen (secondary N) is 2. The van der Waals surface area contributed by atoms with E-state index in [4.69, 9.17) is 4.74 Å². The normalized spacial score (nSPS) is 16.2. The number of anilines is 1. The zero-order valence-electron chi connectivity index (χ0n) is 14.7. The zero-order valence-corrected chi connectivity index (χ0v) is 14.7. The summed E-state index contributed by atoms with van der Waals surface area (Å²) in [6.07, 6.45) is 2.09. The average Bonchev–Trinajstić information content (AvgIpc) is 2.56. The van der Waals surface area contributed by atoms with Crippen molar-refractivity contribution in [1.82, 2.24) is 10.2 Å². The van der Waals surface area contributed by atoms with Gasteiger partial charge >= 0.3 is 5.97 Å². The number of esters is 1. The van der Waals surface area contributed by atoms with Gasteiger partial charge in [-0.15, -0.1) is 0 Å². The minimum absolute atomic E-state index is 0.110. The Hall–Kier alpha value is -1.92. The molecule has 0 saturated carbocycles. The molecule has 1 aromatic carbocycles. The van der Waals surface area contributed by atoms with Gasteiger partial charge in [-0.2, -0.15) is 0 Å². The summed E-state index contributed by atoms with van der Waals surface area (Å²) in [4.78, 5) is 26.2. The molecule has 0 bridgehead atoms. The van der Waals surface area contributed by atoms with Crippen LogP contribution in [-0.4, -0.2) is 55.6 Å². The highest BCUT2D eigenvalue weighted by Crippen LogP contribution is 2.16. The van der Waals surface area contributed by atoms with E-state index in [1.807, 2.05) is 0 Å². The summed E-state index contributed by atoms with van der Waals surface area (Å²) < 4.78 is 4.74. The van der Waals surface area contributed by atoms with Crippen LogP contribution in [0.4, 0.5) is 5.69 Å². The van der Waals surface area contributed by atoms with Gasteiger partial charge in [0.05, 0.1) is 24.9 Å². The third kappa shape index (κ3) is 5.32. The molecule has 1 amide bonds. The monoisotopic (exact) mass is 333 g/mol. The molecular weight excluding hydrogens is 306 g/mol. The predicted molar refractivity (Wildman–Crippen MR) is 94.1 cm³/mol. The highest BCUT2D eigenvalue weighted by Gasteiger charge is 2.21. The summed E-state index contributed by atoms with van der Waals surface area (Å²) in [6, 6.07) is 7.90. The maximum atomic E-state index is 12.3. The van der Waals surface area contributed by atoms with Crippen LogP contribution in [0.3, 0.4) is 0 Å². The lowest BCUT2D eigenvalue weighted by atomic mass is 10.0. The summed E-state index contributed by atoms with van der Waals surface area (Å²) >= 11 is 0. The molecule has 2 rings (SSSR count). The summed E-state index contributed by atoms with van der Waals surface area (Å²) in [5.74, 6) is -0.562. The Labute approximate surface area is 143 Å². The molecule has 0 radical (unpaired) electrons.